The molecule has 2 rings (SSSR count). The molecule has 0 atom stereocenters. The van der Waals surface area contributed by atoms with E-state index in [0.717, 1.165) is 11.5 Å². The molecule has 0 bridgehead atoms. The molecular formula is C12H15N3O4S. The van der Waals surface area contributed by atoms with Crippen LogP contribution in [0.2, 0.25) is 0 Å². The number of methoxy groups -OCH3 is 3. The highest BCUT2D eigenvalue weighted by Crippen LogP contribution is 2.40. The summed E-state index contributed by atoms with van der Waals surface area (Å²) < 4.78 is 25.1. The standard InChI is InChI=1S/C12H15N3O4S/c1-16-9-4-7(5-10(17-2)11(9)18-3)19-6-8-12(13)20-15-14-8/h4-5H,6,13H2,1-3H3. The summed E-state index contributed by atoms with van der Waals surface area (Å²) in [6, 6.07) is 3.41. The summed E-state index contributed by atoms with van der Waals surface area (Å²) in [5, 5.41) is 4.42. The van der Waals surface area contributed by atoms with Gasteiger partial charge in [-0.25, -0.2) is 0 Å². The van der Waals surface area contributed by atoms with Gasteiger partial charge in [-0.2, -0.15) is 0 Å². The van der Waals surface area contributed by atoms with Gasteiger partial charge in [0.15, 0.2) is 11.5 Å². The Morgan fingerprint density at radius 2 is 1.75 bits per heavy atom. The molecule has 0 spiro atoms. The average Bonchev–Trinajstić information content (AvgIpc) is 2.89. The zero-order chi connectivity index (χ0) is 14.5. The molecule has 0 unspecified atom stereocenters. The lowest BCUT2D eigenvalue weighted by molar-refractivity contribution is 0.288. The smallest absolute Gasteiger partial charge is 0.203 e. The number of nitrogens with two attached hydrogens (primary N) is 1. The van der Waals surface area contributed by atoms with Crippen LogP contribution in [0.3, 0.4) is 0 Å². The molecule has 2 aromatic rings. The Labute approximate surface area is 120 Å². The maximum atomic E-state index is 5.71. The fourth-order valence-electron chi connectivity index (χ4n) is 1.61. The second-order valence-corrected chi connectivity index (χ2v) is 4.52. The fraction of sp³-hybridized carbons (Fsp3) is 0.333. The molecule has 108 valence electrons. The van der Waals surface area contributed by atoms with Gasteiger partial charge in [0.25, 0.3) is 0 Å². The summed E-state index contributed by atoms with van der Waals surface area (Å²) in [7, 11) is 4.63. The van der Waals surface area contributed by atoms with Crippen molar-refractivity contribution in [1.82, 2.24) is 9.59 Å². The van der Waals surface area contributed by atoms with Crippen molar-refractivity contribution in [3.8, 4) is 23.0 Å². The first-order valence-corrected chi connectivity index (χ1v) is 6.46. The van der Waals surface area contributed by atoms with Crippen LogP contribution in [-0.2, 0) is 6.61 Å². The van der Waals surface area contributed by atoms with E-state index in [1.165, 1.54) is 0 Å². The summed E-state index contributed by atoms with van der Waals surface area (Å²) in [4.78, 5) is 0. The van der Waals surface area contributed by atoms with Crippen molar-refractivity contribution in [1.29, 1.82) is 0 Å². The molecule has 0 saturated carbocycles. The maximum absolute atomic E-state index is 5.71. The van der Waals surface area contributed by atoms with Crippen molar-refractivity contribution >= 4 is 16.5 Å². The predicted molar refractivity (Wildman–Crippen MR) is 74.8 cm³/mol. The van der Waals surface area contributed by atoms with Crippen molar-refractivity contribution in [2.75, 3.05) is 27.1 Å². The SMILES string of the molecule is COc1cc(OCc2nnsc2N)cc(OC)c1OC. The molecule has 0 radical (unpaired) electrons. The highest BCUT2D eigenvalue weighted by atomic mass is 32.1. The molecule has 1 heterocycles. The van der Waals surface area contributed by atoms with Gasteiger partial charge in [-0.15, -0.1) is 5.10 Å². The third-order valence-electron chi connectivity index (χ3n) is 2.60. The minimum absolute atomic E-state index is 0.223. The molecule has 7 nitrogen and oxygen atoms in total. The van der Waals surface area contributed by atoms with Gasteiger partial charge in [0.2, 0.25) is 5.75 Å². The molecule has 1 aromatic carbocycles. The number of aromatic nitrogens is 2. The highest BCUT2D eigenvalue weighted by Gasteiger charge is 2.14. The molecule has 20 heavy (non-hydrogen) atoms. The van der Waals surface area contributed by atoms with Crippen molar-refractivity contribution < 1.29 is 18.9 Å². The molecule has 0 aliphatic carbocycles. The van der Waals surface area contributed by atoms with E-state index in [2.05, 4.69) is 9.59 Å². The number of hydrogen-bond donors (Lipinski definition) is 1. The minimum Gasteiger partial charge on any atom is -0.493 e. The Kier molecular flexibility index (Phi) is 4.46. The van der Waals surface area contributed by atoms with E-state index in [-0.39, 0.29) is 6.61 Å². The third-order valence-corrected chi connectivity index (χ3v) is 3.19. The molecule has 0 aliphatic rings. The van der Waals surface area contributed by atoms with Crippen LogP contribution in [0.5, 0.6) is 23.0 Å². The van der Waals surface area contributed by atoms with Crippen molar-refractivity contribution in [3.63, 3.8) is 0 Å². The summed E-state index contributed by atoms with van der Waals surface area (Å²) in [6.45, 7) is 0.223. The lowest BCUT2D eigenvalue weighted by Gasteiger charge is -2.14. The first-order chi connectivity index (χ1) is 9.69. The van der Waals surface area contributed by atoms with Crippen LogP contribution >= 0.6 is 11.5 Å². The number of anilines is 1. The van der Waals surface area contributed by atoms with E-state index in [9.17, 15) is 0 Å². The molecule has 0 fully saturated rings. The summed E-state index contributed by atoms with van der Waals surface area (Å²) in [6.07, 6.45) is 0. The second kappa shape index (κ2) is 6.29. The number of benzene rings is 1. The van der Waals surface area contributed by atoms with Gasteiger partial charge in [0.05, 0.1) is 21.3 Å². The Morgan fingerprint density at radius 1 is 1.10 bits per heavy atom. The topological polar surface area (TPSA) is 88.7 Å². The Hall–Kier alpha value is -2.22. The quantitative estimate of drug-likeness (QED) is 0.868. The number of hydrogen-bond acceptors (Lipinski definition) is 8. The van der Waals surface area contributed by atoms with Gasteiger partial charge in [-0.05, 0) is 0 Å². The van der Waals surface area contributed by atoms with E-state index in [0.29, 0.717) is 33.7 Å². The van der Waals surface area contributed by atoms with Crippen LogP contribution < -0.4 is 24.7 Å². The molecule has 0 aliphatic heterocycles. The maximum Gasteiger partial charge on any atom is 0.203 e. The zero-order valence-corrected chi connectivity index (χ0v) is 12.2. The summed E-state index contributed by atoms with van der Waals surface area (Å²) in [5.41, 5.74) is 6.31. The second-order valence-electron chi connectivity index (χ2n) is 3.73. The lowest BCUT2D eigenvalue weighted by atomic mass is 10.2. The van der Waals surface area contributed by atoms with E-state index in [1.807, 2.05) is 0 Å². The first-order valence-electron chi connectivity index (χ1n) is 5.69. The highest BCUT2D eigenvalue weighted by molar-refractivity contribution is 7.09. The summed E-state index contributed by atoms with van der Waals surface area (Å²) in [5.74, 6) is 2.11. The van der Waals surface area contributed by atoms with Gasteiger partial charge in [0, 0.05) is 23.7 Å². The van der Waals surface area contributed by atoms with Crippen LogP contribution in [0.4, 0.5) is 5.00 Å². The third kappa shape index (κ3) is 2.85. The van der Waals surface area contributed by atoms with Crippen LogP contribution in [0.1, 0.15) is 5.69 Å². The van der Waals surface area contributed by atoms with Crippen LogP contribution in [0.25, 0.3) is 0 Å². The normalized spacial score (nSPS) is 10.2. The van der Waals surface area contributed by atoms with Gasteiger partial charge in [-0.1, -0.05) is 4.49 Å². The van der Waals surface area contributed by atoms with E-state index < -0.39 is 0 Å². The van der Waals surface area contributed by atoms with Crippen molar-refractivity contribution in [2.24, 2.45) is 0 Å². The number of nitrogens with zero attached hydrogens (tertiary/aromatic N) is 2. The Balaban J connectivity index is 2.21. The van der Waals surface area contributed by atoms with Crippen LogP contribution in [0, 0.1) is 0 Å². The van der Waals surface area contributed by atoms with Crippen LogP contribution in [-0.4, -0.2) is 30.9 Å². The zero-order valence-electron chi connectivity index (χ0n) is 11.4. The molecule has 8 heteroatoms. The van der Waals surface area contributed by atoms with E-state index >= 15 is 0 Å². The van der Waals surface area contributed by atoms with Crippen molar-refractivity contribution in [2.45, 2.75) is 6.61 Å². The number of rotatable bonds is 6. The van der Waals surface area contributed by atoms with Gasteiger partial charge >= 0.3 is 0 Å². The first kappa shape index (κ1) is 14.2. The number of ether oxygens (including phenoxy) is 4. The average molecular weight is 297 g/mol. The van der Waals surface area contributed by atoms with Crippen molar-refractivity contribution in [3.05, 3.63) is 17.8 Å². The van der Waals surface area contributed by atoms with Gasteiger partial charge in [-0.3, -0.25) is 0 Å². The molecule has 1 aromatic heterocycles. The summed E-state index contributed by atoms with van der Waals surface area (Å²) >= 11 is 1.13. The minimum atomic E-state index is 0.223. The van der Waals surface area contributed by atoms with Crippen LogP contribution in [0.15, 0.2) is 12.1 Å². The largest absolute Gasteiger partial charge is 0.493 e. The predicted octanol–water partition coefficient (Wildman–Crippen LogP) is 1.73. The number of nitrogen functional groups attached to an aromatic ring is 1. The fourth-order valence-corrected chi connectivity index (χ4v) is 2.04. The van der Waals surface area contributed by atoms with Gasteiger partial charge in [0.1, 0.15) is 23.1 Å². The lowest BCUT2D eigenvalue weighted by Crippen LogP contribution is -2.01. The van der Waals surface area contributed by atoms with E-state index in [1.54, 1.807) is 33.5 Å². The van der Waals surface area contributed by atoms with Gasteiger partial charge < -0.3 is 24.7 Å². The molecule has 2 N–H and O–H groups in total. The molecular weight excluding hydrogens is 282 g/mol. The molecule has 0 saturated heterocycles. The Morgan fingerprint density at radius 3 is 2.20 bits per heavy atom. The van der Waals surface area contributed by atoms with E-state index in [4.69, 9.17) is 24.7 Å². The Bertz CT molecular complexity index is 563. The molecule has 0 amide bonds. The monoisotopic (exact) mass is 297 g/mol.